The van der Waals surface area contributed by atoms with Gasteiger partial charge in [0.2, 0.25) is 0 Å². The van der Waals surface area contributed by atoms with Crippen molar-refractivity contribution in [3.05, 3.63) is 0 Å². The first kappa shape index (κ1) is 19.8. The van der Waals surface area contributed by atoms with Crippen molar-refractivity contribution in [2.45, 2.75) is 39.5 Å². The van der Waals surface area contributed by atoms with Crippen molar-refractivity contribution < 1.29 is 65.8 Å². The number of unbranched alkanes of at least 4 members (excludes halogenated alkanes) is 3. The molecule has 0 aromatic heterocycles. The molecular weight excluding hydrogens is 253 g/mol. The van der Waals surface area contributed by atoms with Gasteiger partial charge in [-0.25, -0.2) is 0 Å². The van der Waals surface area contributed by atoms with Crippen LogP contribution in [0.4, 0.5) is 0 Å². The minimum atomic E-state index is -3.75. The Morgan fingerprint density at radius 3 is 2.25 bits per heavy atom. The van der Waals surface area contributed by atoms with Crippen LogP contribution in [0.1, 0.15) is 41.0 Å². The van der Waals surface area contributed by atoms with E-state index in [4.69, 9.17) is 4.55 Å². The first-order valence-corrected chi connectivity index (χ1v) is 7.18. The van der Waals surface area contributed by atoms with Gasteiger partial charge in [-0.1, -0.05) is 26.7 Å². The van der Waals surface area contributed by atoms with E-state index in [0.717, 1.165) is 32.4 Å². The van der Waals surface area contributed by atoms with Crippen LogP contribution in [0.5, 0.6) is 0 Å². The quantitative estimate of drug-likeness (QED) is 0.315. The van der Waals surface area contributed by atoms with Crippen LogP contribution in [-0.2, 0) is 10.1 Å². The van der Waals surface area contributed by atoms with E-state index >= 15 is 0 Å². The normalized spacial score (nSPS) is 11.5. The summed E-state index contributed by atoms with van der Waals surface area (Å²) in [4.78, 5) is 0. The Morgan fingerprint density at radius 2 is 1.75 bits per heavy atom. The van der Waals surface area contributed by atoms with E-state index < -0.39 is 10.1 Å². The van der Waals surface area contributed by atoms with Gasteiger partial charge in [0.25, 0.3) is 10.1 Å². The van der Waals surface area contributed by atoms with Gasteiger partial charge in [-0.15, -0.1) is 0 Å². The summed E-state index contributed by atoms with van der Waals surface area (Å²) in [6, 6.07) is 0. The minimum absolute atomic E-state index is 0. The fourth-order valence-corrected chi connectivity index (χ4v) is 1.85. The number of nitrogens with one attached hydrogen (secondary N) is 1. The minimum Gasteiger partial charge on any atom is -1.00 e. The first-order valence-electron chi connectivity index (χ1n) is 5.57. The Bertz CT molecular complexity index is 248. The van der Waals surface area contributed by atoms with Crippen LogP contribution in [-0.4, -0.2) is 31.8 Å². The predicted octanol–water partition coefficient (Wildman–Crippen LogP) is -1.20. The average Bonchev–Trinajstić information content (AvgIpc) is 2.07. The van der Waals surface area contributed by atoms with Crippen molar-refractivity contribution in [3.8, 4) is 0 Å². The summed E-state index contributed by atoms with van der Waals surface area (Å²) in [5.41, 5.74) is 0. The van der Waals surface area contributed by atoms with Gasteiger partial charge in [0, 0.05) is 0 Å². The SMILES string of the molecule is CC(C)CNCCCCCCS(=O)(=O)O.[H-].[K+]. The Kier molecular flexibility index (Phi) is 14.4. The zero-order chi connectivity index (χ0) is 11.7. The molecule has 0 bridgehead atoms. The zero-order valence-corrected chi connectivity index (χ0v) is 14.6. The van der Waals surface area contributed by atoms with E-state index in [9.17, 15) is 8.42 Å². The number of hydrogen-bond donors (Lipinski definition) is 2. The molecule has 0 aromatic rings. The molecule has 4 nitrogen and oxygen atoms in total. The first-order chi connectivity index (χ1) is 6.92. The van der Waals surface area contributed by atoms with Gasteiger partial charge in [-0.3, -0.25) is 4.55 Å². The third kappa shape index (κ3) is 17.9. The summed E-state index contributed by atoms with van der Waals surface area (Å²) in [5, 5.41) is 3.32. The van der Waals surface area contributed by atoms with E-state index in [1.807, 2.05) is 0 Å². The van der Waals surface area contributed by atoms with Crippen LogP contribution < -0.4 is 56.7 Å². The smallest absolute Gasteiger partial charge is 1.00 e. The molecule has 6 heteroatoms. The van der Waals surface area contributed by atoms with Crippen molar-refractivity contribution in [2.75, 3.05) is 18.8 Å². The molecule has 0 aromatic carbocycles. The molecule has 2 N–H and O–H groups in total. The molecule has 0 aliphatic rings. The molecule has 0 unspecified atom stereocenters. The summed E-state index contributed by atoms with van der Waals surface area (Å²) in [6.45, 7) is 6.35. The van der Waals surface area contributed by atoms with Crippen molar-refractivity contribution >= 4 is 10.1 Å². The molecule has 0 spiro atoms. The second-order valence-corrected chi connectivity index (χ2v) is 5.87. The molecule has 0 aliphatic carbocycles. The fourth-order valence-electron chi connectivity index (χ4n) is 1.28. The van der Waals surface area contributed by atoms with Crippen LogP contribution in [0.3, 0.4) is 0 Å². The van der Waals surface area contributed by atoms with Crippen molar-refractivity contribution in [1.82, 2.24) is 5.32 Å². The van der Waals surface area contributed by atoms with Crippen molar-refractivity contribution in [1.29, 1.82) is 0 Å². The topological polar surface area (TPSA) is 66.4 Å². The van der Waals surface area contributed by atoms with Gasteiger partial charge in [0.1, 0.15) is 0 Å². The van der Waals surface area contributed by atoms with E-state index in [1.165, 1.54) is 0 Å². The van der Waals surface area contributed by atoms with Gasteiger partial charge in [0.15, 0.2) is 0 Å². The zero-order valence-electron chi connectivity index (χ0n) is 11.7. The van der Waals surface area contributed by atoms with Crippen molar-refractivity contribution in [2.24, 2.45) is 5.92 Å². The van der Waals surface area contributed by atoms with Gasteiger partial charge < -0.3 is 6.74 Å². The molecule has 0 rings (SSSR count). The number of rotatable bonds is 9. The van der Waals surface area contributed by atoms with Crippen LogP contribution in [0.25, 0.3) is 0 Å². The molecule has 0 saturated heterocycles. The summed E-state index contributed by atoms with van der Waals surface area (Å²) in [5.74, 6) is 0.566. The van der Waals surface area contributed by atoms with E-state index in [2.05, 4.69) is 19.2 Å². The molecule has 0 fully saturated rings. The second kappa shape index (κ2) is 11.6. The van der Waals surface area contributed by atoms with Crippen molar-refractivity contribution in [3.63, 3.8) is 0 Å². The molecule has 0 heterocycles. The Labute approximate surface area is 144 Å². The Balaban J connectivity index is -0.000000980. The largest absolute Gasteiger partial charge is 1.00 e. The van der Waals surface area contributed by atoms with Gasteiger partial charge in [-0.2, -0.15) is 8.42 Å². The summed E-state index contributed by atoms with van der Waals surface area (Å²) >= 11 is 0. The molecule has 0 radical (unpaired) electrons. The molecule has 0 atom stereocenters. The summed E-state index contributed by atoms with van der Waals surface area (Å²) < 4.78 is 29.2. The maximum atomic E-state index is 10.4. The van der Waals surface area contributed by atoms with Crippen LogP contribution >= 0.6 is 0 Å². The Morgan fingerprint density at radius 1 is 1.19 bits per heavy atom. The van der Waals surface area contributed by atoms with E-state index in [-0.39, 0.29) is 58.6 Å². The number of hydrogen-bond acceptors (Lipinski definition) is 3. The standard InChI is InChI=1S/C10H23NO3S.K.H/c1-10(2)9-11-7-5-3-4-6-8-15(12,13)14;;/h10-11H,3-9H2,1-2H3,(H,12,13,14);;/q;+1;-1. The Hall–Kier alpha value is 1.51. The molecule has 0 aliphatic heterocycles. The van der Waals surface area contributed by atoms with Gasteiger partial charge >= 0.3 is 51.4 Å². The van der Waals surface area contributed by atoms with Gasteiger partial charge in [0.05, 0.1) is 5.75 Å². The second-order valence-electron chi connectivity index (χ2n) is 4.30. The monoisotopic (exact) mass is 277 g/mol. The molecule has 0 amide bonds. The fraction of sp³-hybridized carbons (Fsp3) is 1.00. The molecular formula is C10H24KNO3S. The maximum absolute atomic E-state index is 10.4. The van der Waals surface area contributed by atoms with Gasteiger partial charge in [-0.05, 0) is 31.8 Å². The van der Waals surface area contributed by atoms with Crippen LogP contribution in [0, 0.1) is 5.92 Å². The third-order valence-electron chi connectivity index (χ3n) is 2.06. The van der Waals surface area contributed by atoms with Crippen LogP contribution in [0.15, 0.2) is 0 Å². The molecule has 94 valence electrons. The van der Waals surface area contributed by atoms with Crippen LogP contribution in [0.2, 0.25) is 0 Å². The maximum Gasteiger partial charge on any atom is 1.00 e. The van der Waals surface area contributed by atoms with E-state index in [1.54, 1.807) is 0 Å². The summed E-state index contributed by atoms with van der Waals surface area (Å²) in [7, 11) is -3.75. The predicted molar refractivity (Wildman–Crippen MR) is 63.7 cm³/mol. The average molecular weight is 277 g/mol. The summed E-state index contributed by atoms with van der Waals surface area (Å²) in [6.07, 6.45) is 3.50. The van der Waals surface area contributed by atoms with E-state index in [0.29, 0.717) is 12.3 Å². The third-order valence-corrected chi connectivity index (χ3v) is 2.86. The molecule has 0 saturated carbocycles. The molecule has 16 heavy (non-hydrogen) atoms.